The molecule has 1 saturated heterocycles. The summed E-state index contributed by atoms with van der Waals surface area (Å²) in [6.07, 6.45) is 6.29. The zero-order chi connectivity index (χ0) is 19.6. The molecule has 1 aliphatic rings. The van der Waals surface area contributed by atoms with Crippen LogP contribution in [0.3, 0.4) is 0 Å². The molecule has 28 heavy (non-hydrogen) atoms. The maximum Gasteiger partial charge on any atom is 0.118 e. The molecular formula is C23H33N3O2. The first-order valence-electron chi connectivity index (χ1n) is 10.2. The lowest BCUT2D eigenvalue weighted by molar-refractivity contribution is 0.104. The zero-order valence-electron chi connectivity index (χ0n) is 17.2. The molecule has 1 aliphatic heterocycles. The molecule has 1 aromatic carbocycles. The summed E-state index contributed by atoms with van der Waals surface area (Å²) in [6, 6.07) is 12.7. The normalized spacial score (nSPS) is 15.8. The average molecular weight is 384 g/mol. The van der Waals surface area contributed by atoms with E-state index in [0.717, 1.165) is 44.5 Å². The summed E-state index contributed by atoms with van der Waals surface area (Å²) in [5.74, 6) is 1.66. The van der Waals surface area contributed by atoms with Crippen LogP contribution in [0.1, 0.15) is 24.0 Å². The van der Waals surface area contributed by atoms with Gasteiger partial charge in [0.1, 0.15) is 5.75 Å². The minimum Gasteiger partial charge on any atom is -0.497 e. The third kappa shape index (κ3) is 6.59. The van der Waals surface area contributed by atoms with Crippen LogP contribution in [0.5, 0.6) is 5.75 Å². The van der Waals surface area contributed by atoms with Crippen molar-refractivity contribution < 1.29 is 9.47 Å². The van der Waals surface area contributed by atoms with Crippen molar-refractivity contribution >= 4 is 0 Å². The smallest absolute Gasteiger partial charge is 0.118 e. The van der Waals surface area contributed by atoms with E-state index in [1.54, 1.807) is 14.2 Å². The quantitative estimate of drug-likeness (QED) is 0.628. The molecule has 0 N–H and O–H groups in total. The Morgan fingerprint density at radius 1 is 0.964 bits per heavy atom. The number of pyridine rings is 1. The molecule has 5 heteroatoms. The maximum atomic E-state index is 5.30. The first-order chi connectivity index (χ1) is 13.8. The predicted octanol–water partition coefficient (Wildman–Crippen LogP) is 3.45. The Morgan fingerprint density at radius 3 is 2.21 bits per heavy atom. The molecule has 0 unspecified atom stereocenters. The molecule has 1 fully saturated rings. The van der Waals surface area contributed by atoms with Crippen molar-refractivity contribution in [1.29, 1.82) is 0 Å². The van der Waals surface area contributed by atoms with Gasteiger partial charge in [0.15, 0.2) is 0 Å². The Labute approximate surface area is 169 Å². The van der Waals surface area contributed by atoms with Gasteiger partial charge >= 0.3 is 0 Å². The lowest BCUT2D eigenvalue weighted by Crippen LogP contribution is -2.39. The van der Waals surface area contributed by atoms with E-state index in [0.29, 0.717) is 0 Å². The molecule has 0 saturated carbocycles. The topological polar surface area (TPSA) is 37.8 Å². The standard InChI is InChI=1S/C23H33N3O2/c1-27-16-15-25-13-9-22(10-14-25)19-26(18-21-7-11-24-12-8-21)17-20-3-5-23(28-2)6-4-20/h3-8,11-12,22H,9-10,13-19H2,1-2H3. The van der Waals surface area contributed by atoms with Gasteiger partial charge < -0.3 is 14.4 Å². The van der Waals surface area contributed by atoms with Gasteiger partial charge in [0.05, 0.1) is 13.7 Å². The molecule has 2 aromatic rings. The van der Waals surface area contributed by atoms with Crippen molar-refractivity contribution in [1.82, 2.24) is 14.8 Å². The average Bonchev–Trinajstić information content (AvgIpc) is 2.74. The number of aromatic nitrogens is 1. The van der Waals surface area contributed by atoms with E-state index in [1.807, 2.05) is 24.5 Å². The van der Waals surface area contributed by atoms with Crippen LogP contribution in [-0.4, -0.2) is 61.8 Å². The number of nitrogens with zero attached hydrogens (tertiary/aromatic N) is 3. The van der Waals surface area contributed by atoms with Crippen LogP contribution in [-0.2, 0) is 17.8 Å². The van der Waals surface area contributed by atoms with Gasteiger partial charge in [0, 0.05) is 45.7 Å². The molecule has 3 rings (SSSR count). The molecule has 2 heterocycles. The molecule has 0 amide bonds. The van der Waals surface area contributed by atoms with Crippen molar-refractivity contribution in [3.63, 3.8) is 0 Å². The molecule has 0 bridgehead atoms. The summed E-state index contributed by atoms with van der Waals surface area (Å²) in [7, 11) is 3.49. The number of hydrogen-bond acceptors (Lipinski definition) is 5. The highest BCUT2D eigenvalue weighted by Gasteiger charge is 2.21. The third-order valence-corrected chi connectivity index (χ3v) is 5.56. The van der Waals surface area contributed by atoms with E-state index in [4.69, 9.17) is 9.47 Å². The van der Waals surface area contributed by atoms with Crippen LogP contribution >= 0.6 is 0 Å². The number of methoxy groups -OCH3 is 2. The molecule has 0 aliphatic carbocycles. The molecule has 1 aromatic heterocycles. The van der Waals surface area contributed by atoms with Crippen molar-refractivity contribution in [3.8, 4) is 5.75 Å². The zero-order valence-corrected chi connectivity index (χ0v) is 17.2. The minimum atomic E-state index is 0.749. The van der Waals surface area contributed by atoms with Crippen molar-refractivity contribution in [2.24, 2.45) is 5.92 Å². The fourth-order valence-corrected chi connectivity index (χ4v) is 3.90. The van der Waals surface area contributed by atoms with E-state index >= 15 is 0 Å². The number of likely N-dealkylation sites (tertiary alicyclic amines) is 1. The second-order valence-electron chi connectivity index (χ2n) is 7.65. The van der Waals surface area contributed by atoms with Gasteiger partial charge in [-0.1, -0.05) is 12.1 Å². The number of rotatable bonds is 10. The number of piperidine rings is 1. The van der Waals surface area contributed by atoms with Crippen LogP contribution < -0.4 is 4.74 Å². The monoisotopic (exact) mass is 383 g/mol. The van der Waals surface area contributed by atoms with Crippen molar-refractivity contribution in [2.75, 3.05) is 47.0 Å². The first kappa shape index (κ1) is 20.8. The van der Waals surface area contributed by atoms with Gasteiger partial charge in [-0.25, -0.2) is 0 Å². The molecule has 5 nitrogen and oxygen atoms in total. The lowest BCUT2D eigenvalue weighted by atomic mass is 9.95. The van der Waals surface area contributed by atoms with Gasteiger partial charge in [-0.2, -0.15) is 0 Å². The highest BCUT2D eigenvalue weighted by Crippen LogP contribution is 2.21. The Bertz CT molecular complexity index is 670. The maximum absolute atomic E-state index is 5.30. The Morgan fingerprint density at radius 2 is 1.61 bits per heavy atom. The number of ether oxygens (including phenoxy) is 2. The van der Waals surface area contributed by atoms with E-state index in [9.17, 15) is 0 Å². The second-order valence-corrected chi connectivity index (χ2v) is 7.65. The Balaban J connectivity index is 1.59. The Hall–Kier alpha value is -1.95. The summed E-state index contributed by atoms with van der Waals surface area (Å²) in [5, 5.41) is 0. The van der Waals surface area contributed by atoms with E-state index in [2.05, 4.69) is 39.0 Å². The van der Waals surface area contributed by atoms with Crippen molar-refractivity contribution in [3.05, 3.63) is 59.9 Å². The van der Waals surface area contributed by atoms with Gasteiger partial charge in [-0.3, -0.25) is 9.88 Å². The second kappa shape index (κ2) is 11.1. The summed E-state index contributed by atoms with van der Waals surface area (Å²) >= 11 is 0. The molecule has 152 valence electrons. The predicted molar refractivity (Wildman–Crippen MR) is 112 cm³/mol. The molecule has 0 radical (unpaired) electrons. The summed E-state index contributed by atoms with van der Waals surface area (Å²) in [4.78, 5) is 9.26. The van der Waals surface area contributed by atoms with Crippen LogP contribution in [0.4, 0.5) is 0 Å². The van der Waals surface area contributed by atoms with E-state index < -0.39 is 0 Å². The molecule has 0 atom stereocenters. The van der Waals surface area contributed by atoms with Crippen LogP contribution in [0.15, 0.2) is 48.8 Å². The lowest BCUT2D eigenvalue weighted by Gasteiger charge is -2.35. The van der Waals surface area contributed by atoms with Gasteiger partial charge in [0.2, 0.25) is 0 Å². The van der Waals surface area contributed by atoms with Crippen LogP contribution in [0, 0.1) is 5.92 Å². The number of hydrogen-bond donors (Lipinski definition) is 0. The fraction of sp³-hybridized carbons (Fsp3) is 0.522. The molecule has 0 spiro atoms. The van der Waals surface area contributed by atoms with Gasteiger partial charge in [-0.05, 0) is 67.2 Å². The highest BCUT2D eigenvalue weighted by molar-refractivity contribution is 5.27. The molecular weight excluding hydrogens is 350 g/mol. The summed E-state index contributed by atoms with van der Waals surface area (Å²) in [5.41, 5.74) is 2.65. The van der Waals surface area contributed by atoms with Crippen LogP contribution in [0.25, 0.3) is 0 Å². The minimum absolute atomic E-state index is 0.749. The van der Waals surface area contributed by atoms with E-state index in [-0.39, 0.29) is 0 Å². The Kier molecular flexibility index (Phi) is 8.27. The first-order valence-corrected chi connectivity index (χ1v) is 10.2. The SMILES string of the molecule is COCCN1CCC(CN(Cc2ccncc2)Cc2ccc(OC)cc2)CC1. The van der Waals surface area contributed by atoms with Crippen molar-refractivity contribution in [2.45, 2.75) is 25.9 Å². The fourth-order valence-electron chi connectivity index (χ4n) is 3.90. The van der Waals surface area contributed by atoms with E-state index in [1.165, 1.54) is 37.1 Å². The van der Waals surface area contributed by atoms with Crippen LogP contribution in [0.2, 0.25) is 0 Å². The van der Waals surface area contributed by atoms with Gasteiger partial charge in [0.25, 0.3) is 0 Å². The summed E-state index contributed by atoms with van der Waals surface area (Å²) in [6.45, 7) is 7.28. The third-order valence-electron chi connectivity index (χ3n) is 5.56. The highest BCUT2D eigenvalue weighted by atomic mass is 16.5. The number of benzene rings is 1. The van der Waals surface area contributed by atoms with Gasteiger partial charge in [-0.15, -0.1) is 0 Å². The largest absolute Gasteiger partial charge is 0.497 e. The summed E-state index contributed by atoms with van der Waals surface area (Å²) < 4.78 is 10.5.